The molecule has 0 heterocycles. The highest BCUT2D eigenvalue weighted by molar-refractivity contribution is 5.76. The van der Waals surface area contributed by atoms with Crippen molar-refractivity contribution in [1.29, 1.82) is 0 Å². The van der Waals surface area contributed by atoms with E-state index >= 15 is 0 Å². The summed E-state index contributed by atoms with van der Waals surface area (Å²) >= 11 is 0. The van der Waals surface area contributed by atoms with Crippen LogP contribution in [0.4, 0.5) is 0 Å². The molecule has 2 nitrogen and oxygen atoms in total. The predicted octanol–water partition coefficient (Wildman–Crippen LogP) is 1.25. The largest absolute Gasteiger partial charge is 0.359 e. The molecule has 1 amide bonds. The van der Waals surface area contributed by atoms with Crippen molar-refractivity contribution >= 4 is 5.91 Å². The van der Waals surface area contributed by atoms with Gasteiger partial charge in [0, 0.05) is 13.5 Å². The molecule has 1 unspecified atom stereocenters. The van der Waals surface area contributed by atoms with Crippen molar-refractivity contribution in [2.75, 3.05) is 7.05 Å². The van der Waals surface area contributed by atoms with Crippen molar-refractivity contribution in [3.63, 3.8) is 0 Å². The Morgan fingerprint density at radius 3 is 3.00 bits per heavy atom. The molecule has 0 saturated heterocycles. The van der Waals surface area contributed by atoms with E-state index in [2.05, 4.69) is 17.5 Å². The van der Waals surface area contributed by atoms with Gasteiger partial charge in [-0.3, -0.25) is 4.79 Å². The van der Waals surface area contributed by atoms with Gasteiger partial charge in [0.05, 0.1) is 0 Å². The predicted molar refractivity (Wildman–Crippen MR) is 45.1 cm³/mol. The van der Waals surface area contributed by atoms with Crippen molar-refractivity contribution in [1.82, 2.24) is 5.32 Å². The van der Waals surface area contributed by atoms with E-state index in [4.69, 9.17) is 0 Å². The normalized spacial score (nSPS) is 21.7. The smallest absolute Gasteiger partial charge is 0.220 e. The number of carbonyl (C=O) groups is 1. The van der Waals surface area contributed by atoms with Gasteiger partial charge in [-0.05, 0) is 12.3 Å². The fourth-order valence-corrected chi connectivity index (χ4v) is 1.12. The number of hydrogen-bond donors (Lipinski definition) is 1. The SMILES string of the molecule is CNC(=O)CC1C=CC=CC1. The first-order valence-corrected chi connectivity index (χ1v) is 3.87. The zero-order valence-corrected chi connectivity index (χ0v) is 6.71. The molecule has 1 rings (SSSR count). The molecule has 2 heteroatoms. The van der Waals surface area contributed by atoms with Crippen LogP contribution in [0.1, 0.15) is 12.8 Å². The topological polar surface area (TPSA) is 29.1 Å². The molecule has 1 atom stereocenters. The molecule has 0 fully saturated rings. The summed E-state index contributed by atoms with van der Waals surface area (Å²) in [5, 5.41) is 2.62. The summed E-state index contributed by atoms with van der Waals surface area (Å²) in [4.78, 5) is 10.9. The molecule has 0 aromatic rings. The second-order valence-corrected chi connectivity index (χ2v) is 2.69. The summed E-state index contributed by atoms with van der Waals surface area (Å²) in [5.41, 5.74) is 0. The Balaban J connectivity index is 2.33. The highest BCUT2D eigenvalue weighted by atomic mass is 16.1. The van der Waals surface area contributed by atoms with Crippen molar-refractivity contribution in [3.8, 4) is 0 Å². The minimum atomic E-state index is 0.120. The maximum atomic E-state index is 10.9. The molecular formula is C9H13NO. The fourth-order valence-electron chi connectivity index (χ4n) is 1.12. The van der Waals surface area contributed by atoms with Crippen molar-refractivity contribution < 1.29 is 4.79 Å². The summed E-state index contributed by atoms with van der Waals surface area (Å²) in [6.45, 7) is 0. The monoisotopic (exact) mass is 151 g/mol. The Kier molecular flexibility index (Phi) is 2.90. The van der Waals surface area contributed by atoms with Crippen LogP contribution in [0.5, 0.6) is 0 Å². The number of carbonyl (C=O) groups excluding carboxylic acids is 1. The standard InChI is InChI=1S/C9H13NO/c1-10-9(11)7-8-5-3-2-4-6-8/h2-5,8H,6-7H2,1H3,(H,10,11). The zero-order valence-electron chi connectivity index (χ0n) is 6.71. The lowest BCUT2D eigenvalue weighted by Crippen LogP contribution is -2.20. The zero-order chi connectivity index (χ0) is 8.10. The molecule has 1 aliphatic carbocycles. The molecule has 0 aromatic carbocycles. The van der Waals surface area contributed by atoms with Gasteiger partial charge in [0.1, 0.15) is 0 Å². The van der Waals surface area contributed by atoms with Crippen molar-refractivity contribution in [2.24, 2.45) is 5.92 Å². The maximum absolute atomic E-state index is 10.9. The van der Waals surface area contributed by atoms with E-state index in [1.54, 1.807) is 7.05 Å². The molecule has 0 aromatic heterocycles. The summed E-state index contributed by atoms with van der Waals surface area (Å²) in [5.74, 6) is 0.523. The van der Waals surface area contributed by atoms with Crippen LogP contribution in [0.2, 0.25) is 0 Å². The number of allylic oxidation sites excluding steroid dienone is 4. The van der Waals surface area contributed by atoms with Gasteiger partial charge in [0.15, 0.2) is 0 Å². The van der Waals surface area contributed by atoms with E-state index in [1.165, 1.54) is 0 Å². The molecule has 0 radical (unpaired) electrons. The first-order valence-electron chi connectivity index (χ1n) is 3.87. The number of nitrogens with one attached hydrogen (secondary N) is 1. The van der Waals surface area contributed by atoms with Crippen LogP contribution >= 0.6 is 0 Å². The molecular weight excluding hydrogens is 138 g/mol. The second-order valence-electron chi connectivity index (χ2n) is 2.69. The van der Waals surface area contributed by atoms with Gasteiger partial charge in [-0.25, -0.2) is 0 Å². The fraction of sp³-hybridized carbons (Fsp3) is 0.444. The lowest BCUT2D eigenvalue weighted by Gasteiger charge is -2.10. The van der Waals surface area contributed by atoms with Crippen LogP contribution < -0.4 is 5.32 Å². The third-order valence-corrected chi connectivity index (χ3v) is 1.80. The molecule has 11 heavy (non-hydrogen) atoms. The van der Waals surface area contributed by atoms with Gasteiger partial charge in [-0.1, -0.05) is 24.3 Å². The van der Waals surface area contributed by atoms with E-state index in [1.807, 2.05) is 12.2 Å². The van der Waals surface area contributed by atoms with E-state index < -0.39 is 0 Å². The summed E-state index contributed by atoms with van der Waals surface area (Å²) in [7, 11) is 1.67. The number of amides is 1. The van der Waals surface area contributed by atoms with Crippen LogP contribution in [-0.2, 0) is 4.79 Å². The van der Waals surface area contributed by atoms with Crippen LogP contribution in [0.15, 0.2) is 24.3 Å². The maximum Gasteiger partial charge on any atom is 0.220 e. The first-order chi connectivity index (χ1) is 5.33. The molecule has 1 N–H and O–H groups in total. The molecule has 0 saturated carbocycles. The molecule has 1 aliphatic rings. The highest BCUT2D eigenvalue weighted by Gasteiger charge is 2.08. The quantitative estimate of drug-likeness (QED) is 0.632. The van der Waals surface area contributed by atoms with Gasteiger partial charge in [-0.15, -0.1) is 0 Å². The number of hydrogen-bond acceptors (Lipinski definition) is 1. The third-order valence-electron chi connectivity index (χ3n) is 1.80. The summed E-state index contributed by atoms with van der Waals surface area (Å²) < 4.78 is 0. The van der Waals surface area contributed by atoms with Gasteiger partial charge in [0.2, 0.25) is 5.91 Å². The third kappa shape index (κ3) is 2.58. The van der Waals surface area contributed by atoms with Gasteiger partial charge in [0.25, 0.3) is 0 Å². The van der Waals surface area contributed by atoms with Gasteiger partial charge in [-0.2, -0.15) is 0 Å². The Labute approximate surface area is 67.0 Å². The Morgan fingerprint density at radius 1 is 1.64 bits per heavy atom. The lowest BCUT2D eigenvalue weighted by atomic mass is 9.97. The van der Waals surface area contributed by atoms with Crippen LogP contribution in [-0.4, -0.2) is 13.0 Å². The second kappa shape index (κ2) is 3.96. The van der Waals surface area contributed by atoms with E-state index in [0.717, 1.165) is 6.42 Å². The molecule has 60 valence electrons. The van der Waals surface area contributed by atoms with Crippen LogP contribution in [0, 0.1) is 5.92 Å². The van der Waals surface area contributed by atoms with Crippen molar-refractivity contribution in [2.45, 2.75) is 12.8 Å². The number of rotatable bonds is 2. The summed E-state index contributed by atoms with van der Waals surface area (Å²) in [6, 6.07) is 0. The molecule has 0 aliphatic heterocycles. The Bertz CT molecular complexity index is 194. The first kappa shape index (κ1) is 8.05. The van der Waals surface area contributed by atoms with Gasteiger partial charge < -0.3 is 5.32 Å². The van der Waals surface area contributed by atoms with E-state index in [-0.39, 0.29) is 5.91 Å². The Morgan fingerprint density at radius 2 is 2.45 bits per heavy atom. The van der Waals surface area contributed by atoms with E-state index in [9.17, 15) is 4.79 Å². The molecule has 0 spiro atoms. The van der Waals surface area contributed by atoms with E-state index in [0.29, 0.717) is 12.3 Å². The molecule has 0 bridgehead atoms. The minimum absolute atomic E-state index is 0.120. The van der Waals surface area contributed by atoms with Crippen molar-refractivity contribution in [3.05, 3.63) is 24.3 Å². The summed E-state index contributed by atoms with van der Waals surface area (Å²) in [6.07, 6.45) is 9.78. The lowest BCUT2D eigenvalue weighted by molar-refractivity contribution is -0.121. The average molecular weight is 151 g/mol. The van der Waals surface area contributed by atoms with Crippen LogP contribution in [0.25, 0.3) is 0 Å². The average Bonchev–Trinajstić information content (AvgIpc) is 2.06. The highest BCUT2D eigenvalue weighted by Crippen LogP contribution is 2.14. The van der Waals surface area contributed by atoms with Crippen LogP contribution in [0.3, 0.4) is 0 Å². The Hall–Kier alpha value is -1.05. The minimum Gasteiger partial charge on any atom is -0.359 e. The van der Waals surface area contributed by atoms with Gasteiger partial charge >= 0.3 is 0 Å².